The normalized spacial score (nSPS) is 15.8. The quantitative estimate of drug-likeness (QED) is 0.830. The number of anilines is 1. The number of piperazine rings is 1. The molecular formula is C19H20F3N3O. The number of amides is 1. The van der Waals surface area contributed by atoms with Crippen molar-refractivity contribution in [2.45, 2.75) is 6.54 Å². The van der Waals surface area contributed by atoms with Crippen LogP contribution in [0.15, 0.2) is 42.5 Å². The Morgan fingerprint density at radius 1 is 0.885 bits per heavy atom. The van der Waals surface area contributed by atoms with E-state index >= 15 is 0 Å². The van der Waals surface area contributed by atoms with E-state index in [0.717, 1.165) is 31.8 Å². The van der Waals surface area contributed by atoms with Gasteiger partial charge in [0, 0.05) is 32.7 Å². The zero-order valence-electron chi connectivity index (χ0n) is 14.2. The number of nitrogens with one attached hydrogen (secondary N) is 1. The van der Waals surface area contributed by atoms with Crippen LogP contribution in [0.2, 0.25) is 0 Å². The van der Waals surface area contributed by atoms with E-state index in [1.54, 1.807) is 0 Å². The lowest BCUT2D eigenvalue weighted by atomic mass is 10.2. The first kappa shape index (κ1) is 18.4. The van der Waals surface area contributed by atoms with E-state index in [9.17, 15) is 18.0 Å². The first-order valence-corrected chi connectivity index (χ1v) is 8.45. The predicted molar refractivity (Wildman–Crippen MR) is 93.1 cm³/mol. The van der Waals surface area contributed by atoms with Gasteiger partial charge in [-0.25, -0.2) is 13.2 Å². The number of hydrogen-bond acceptors (Lipinski definition) is 3. The van der Waals surface area contributed by atoms with E-state index in [0.29, 0.717) is 13.1 Å². The summed E-state index contributed by atoms with van der Waals surface area (Å²) in [5.41, 5.74) is 0.893. The summed E-state index contributed by atoms with van der Waals surface area (Å²) in [6.45, 7) is 4.00. The maximum atomic E-state index is 13.6. The van der Waals surface area contributed by atoms with Crippen LogP contribution in [0.4, 0.5) is 18.9 Å². The monoisotopic (exact) mass is 363 g/mol. The molecule has 1 amide bonds. The lowest BCUT2D eigenvalue weighted by molar-refractivity contribution is -0.117. The van der Waals surface area contributed by atoms with Gasteiger partial charge in [0.15, 0.2) is 17.5 Å². The highest BCUT2D eigenvalue weighted by atomic mass is 19.2. The second-order valence-corrected chi connectivity index (χ2v) is 6.31. The molecule has 0 bridgehead atoms. The van der Waals surface area contributed by atoms with Crippen molar-refractivity contribution in [2.75, 3.05) is 38.0 Å². The van der Waals surface area contributed by atoms with Gasteiger partial charge >= 0.3 is 0 Å². The van der Waals surface area contributed by atoms with Gasteiger partial charge in [-0.2, -0.15) is 0 Å². The van der Waals surface area contributed by atoms with Crippen molar-refractivity contribution in [2.24, 2.45) is 0 Å². The van der Waals surface area contributed by atoms with Gasteiger partial charge in [0.1, 0.15) is 0 Å². The molecule has 1 saturated heterocycles. The average Bonchev–Trinajstić information content (AvgIpc) is 2.65. The smallest absolute Gasteiger partial charge is 0.238 e. The predicted octanol–water partition coefficient (Wildman–Crippen LogP) is 2.86. The Morgan fingerprint density at radius 2 is 1.54 bits per heavy atom. The summed E-state index contributed by atoms with van der Waals surface area (Å²) in [6, 6.07) is 12.0. The van der Waals surface area contributed by atoms with Gasteiger partial charge in [-0.05, 0) is 17.7 Å². The molecule has 2 aromatic carbocycles. The Hall–Kier alpha value is -2.38. The Labute approximate surface area is 150 Å². The molecule has 26 heavy (non-hydrogen) atoms. The number of benzene rings is 2. The third-order valence-corrected chi connectivity index (χ3v) is 4.39. The van der Waals surface area contributed by atoms with E-state index in [-0.39, 0.29) is 12.2 Å². The van der Waals surface area contributed by atoms with Gasteiger partial charge in [0.25, 0.3) is 0 Å². The summed E-state index contributed by atoms with van der Waals surface area (Å²) in [5.74, 6) is -4.70. The van der Waals surface area contributed by atoms with E-state index < -0.39 is 23.4 Å². The number of halogens is 3. The Morgan fingerprint density at radius 3 is 2.23 bits per heavy atom. The van der Waals surface area contributed by atoms with Crippen molar-refractivity contribution in [1.82, 2.24) is 9.80 Å². The molecule has 4 nitrogen and oxygen atoms in total. The minimum absolute atomic E-state index is 0.0810. The van der Waals surface area contributed by atoms with Gasteiger partial charge in [0.2, 0.25) is 5.91 Å². The van der Waals surface area contributed by atoms with Crippen LogP contribution in [0.25, 0.3) is 0 Å². The molecule has 138 valence electrons. The van der Waals surface area contributed by atoms with Crippen LogP contribution in [0.3, 0.4) is 0 Å². The zero-order chi connectivity index (χ0) is 18.5. The molecule has 1 N–H and O–H groups in total. The van der Waals surface area contributed by atoms with E-state index in [2.05, 4.69) is 22.3 Å². The Bertz CT molecular complexity index is 762. The molecule has 0 saturated carbocycles. The lowest BCUT2D eigenvalue weighted by Crippen LogP contribution is -2.48. The maximum absolute atomic E-state index is 13.6. The van der Waals surface area contributed by atoms with Gasteiger partial charge in [-0.3, -0.25) is 14.6 Å². The Balaban J connectivity index is 1.47. The lowest BCUT2D eigenvalue weighted by Gasteiger charge is -2.34. The number of carbonyl (C=O) groups excluding carboxylic acids is 1. The van der Waals surface area contributed by atoms with Crippen molar-refractivity contribution < 1.29 is 18.0 Å². The van der Waals surface area contributed by atoms with Gasteiger partial charge in [0.05, 0.1) is 12.2 Å². The van der Waals surface area contributed by atoms with E-state index in [1.807, 2.05) is 23.1 Å². The summed E-state index contributed by atoms with van der Waals surface area (Å²) in [6.07, 6.45) is 0. The summed E-state index contributed by atoms with van der Waals surface area (Å²) in [4.78, 5) is 16.3. The number of rotatable bonds is 5. The number of carbonyl (C=O) groups is 1. The van der Waals surface area contributed by atoms with Crippen molar-refractivity contribution >= 4 is 11.6 Å². The fourth-order valence-corrected chi connectivity index (χ4v) is 2.96. The first-order chi connectivity index (χ1) is 12.5. The van der Waals surface area contributed by atoms with Gasteiger partial charge in [-0.15, -0.1) is 0 Å². The second kappa shape index (κ2) is 8.33. The minimum atomic E-state index is -1.59. The van der Waals surface area contributed by atoms with Gasteiger partial charge < -0.3 is 5.32 Å². The fraction of sp³-hybridized carbons (Fsp3) is 0.316. The highest BCUT2D eigenvalue weighted by Crippen LogP contribution is 2.19. The summed E-state index contributed by atoms with van der Waals surface area (Å²) in [7, 11) is 0. The Kier molecular flexibility index (Phi) is 5.90. The highest BCUT2D eigenvalue weighted by molar-refractivity contribution is 5.92. The van der Waals surface area contributed by atoms with Crippen LogP contribution in [-0.4, -0.2) is 48.4 Å². The molecule has 0 aromatic heterocycles. The molecule has 0 atom stereocenters. The van der Waals surface area contributed by atoms with Crippen LogP contribution in [0.1, 0.15) is 5.56 Å². The second-order valence-electron chi connectivity index (χ2n) is 6.31. The third-order valence-electron chi connectivity index (χ3n) is 4.39. The average molecular weight is 363 g/mol. The molecule has 1 fully saturated rings. The molecule has 0 spiro atoms. The molecule has 2 aromatic rings. The molecule has 0 aliphatic carbocycles. The number of nitrogens with zero attached hydrogens (tertiary/aromatic N) is 2. The van der Waals surface area contributed by atoms with Crippen LogP contribution in [0.5, 0.6) is 0 Å². The van der Waals surface area contributed by atoms with E-state index in [4.69, 9.17) is 0 Å². The minimum Gasteiger partial charge on any atom is -0.322 e. The van der Waals surface area contributed by atoms with Crippen molar-refractivity contribution in [3.05, 3.63) is 65.5 Å². The largest absolute Gasteiger partial charge is 0.322 e. The maximum Gasteiger partial charge on any atom is 0.238 e. The standard InChI is InChI=1S/C19H20F3N3O/c20-15-6-7-16(19(22)18(15)21)23-17(26)13-25-10-8-24(9-11-25)12-14-4-2-1-3-5-14/h1-7H,8-13H2,(H,23,26). The number of hydrogen-bond donors (Lipinski definition) is 1. The third kappa shape index (κ3) is 4.62. The molecule has 7 heteroatoms. The molecule has 3 rings (SSSR count). The van der Waals surface area contributed by atoms with Crippen LogP contribution >= 0.6 is 0 Å². The highest BCUT2D eigenvalue weighted by Gasteiger charge is 2.20. The summed E-state index contributed by atoms with van der Waals surface area (Å²) < 4.78 is 39.7. The van der Waals surface area contributed by atoms with E-state index in [1.165, 1.54) is 5.56 Å². The van der Waals surface area contributed by atoms with Crippen molar-refractivity contribution in [3.63, 3.8) is 0 Å². The molecule has 1 aliphatic rings. The van der Waals surface area contributed by atoms with Crippen molar-refractivity contribution in [3.8, 4) is 0 Å². The summed E-state index contributed by atoms with van der Waals surface area (Å²) >= 11 is 0. The summed E-state index contributed by atoms with van der Waals surface area (Å²) in [5, 5.41) is 2.30. The fourth-order valence-electron chi connectivity index (χ4n) is 2.96. The molecule has 1 heterocycles. The van der Waals surface area contributed by atoms with Crippen LogP contribution in [-0.2, 0) is 11.3 Å². The molecule has 0 radical (unpaired) electrons. The SMILES string of the molecule is O=C(CN1CCN(Cc2ccccc2)CC1)Nc1ccc(F)c(F)c1F. The zero-order valence-corrected chi connectivity index (χ0v) is 14.2. The molecule has 0 unspecified atom stereocenters. The van der Waals surface area contributed by atoms with Crippen molar-refractivity contribution in [1.29, 1.82) is 0 Å². The van der Waals surface area contributed by atoms with Crippen LogP contribution in [0, 0.1) is 17.5 Å². The molecule has 1 aliphatic heterocycles. The van der Waals surface area contributed by atoms with Crippen LogP contribution < -0.4 is 5.32 Å². The first-order valence-electron chi connectivity index (χ1n) is 8.45. The topological polar surface area (TPSA) is 35.6 Å². The molecular weight excluding hydrogens is 343 g/mol. The van der Waals surface area contributed by atoms with Gasteiger partial charge in [-0.1, -0.05) is 30.3 Å².